The number of carbonyl (C=O) groups is 3. The van der Waals surface area contributed by atoms with Gasteiger partial charge >= 0.3 is 11.9 Å². The molecule has 0 amide bonds. The van der Waals surface area contributed by atoms with Crippen molar-refractivity contribution in [2.24, 2.45) is 0 Å². The minimum Gasteiger partial charge on any atom is -0.460 e. The topological polar surface area (TPSA) is 125 Å². The first-order valence-corrected chi connectivity index (χ1v) is 11.7. The SMILES string of the molecule is C=CC(=O)OCCOCCOCCOCCOCCOCCOCCOC(=O)C(=O)c1ccccc1. The second-order valence-corrected chi connectivity index (χ2v) is 6.88. The molecule has 1 aromatic carbocycles. The van der Waals surface area contributed by atoms with Crippen LogP contribution in [0.1, 0.15) is 10.4 Å². The van der Waals surface area contributed by atoms with E-state index in [1.165, 1.54) is 0 Å². The normalized spacial score (nSPS) is 10.7. The molecule has 202 valence electrons. The lowest BCUT2D eigenvalue weighted by atomic mass is 10.1. The van der Waals surface area contributed by atoms with Gasteiger partial charge in [-0.1, -0.05) is 36.9 Å². The Morgan fingerprint density at radius 1 is 0.556 bits per heavy atom. The van der Waals surface area contributed by atoms with Crippen LogP contribution in [-0.4, -0.2) is 110 Å². The van der Waals surface area contributed by atoms with E-state index in [-0.39, 0.29) is 19.8 Å². The van der Waals surface area contributed by atoms with Crippen LogP contribution in [0.3, 0.4) is 0 Å². The van der Waals surface area contributed by atoms with Gasteiger partial charge in [0.25, 0.3) is 5.78 Å². The number of ether oxygens (including phenoxy) is 8. The monoisotopic (exact) mass is 512 g/mol. The van der Waals surface area contributed by atoms with E-state index in [1.807, 2.05) is 0 Å². The minimum absolute atomic E-state index is 0.00560. The number of hydrogen-bond acceptors (Lipinski definition) is 11. The summed E-state index contributed by atoms with van der Waals surface area (Å²) in [6.45, 7) is 8.13. The van der Waals surface area contributed by atoms with E-state index in [1.54, 1.807) is 30.3 Å². The standard InChI is InChI=1S/C25H36O11/c1-2-23(26)35-20-18-33-16-14-31-12-10-29-8-9-30-11-13-32-15-17-34-19-21-36-25(28)24(27)22-6-4-3-5-7-22/h2-7H,1,8-21H2. The molecule has 0 fully saturated rings. The molecule has 0 unspecified atom stereocenters. The van der Waals surface area contributed by atoms with Gasteiger partial charge in [-0.2, -0.15) is 0 Å². The van der Waals surface area contributed by atoms with Gasteiger partial charge in [0.05, 0.1) is 79.3 Å². The number of carbonyl (C=O) groups excluding carboxylic acids is 3. The van der Waals surface area contributed by atoms with Crippen LogP contribution < -0.4 is 0 Å². The fourth-order valence-electron chi connectivity index (χ4n) is 2.43. The summed E-state index contributed by atoms with van der Waals surface area (Å²) in [5.41, 5.74) is 0.292. The lowest BCUT2D eigenvalue weighted by Gasteiger charge is -2.08. The third kappa shape index (κ3) is 17.7. The molecule has 1 rings (SSSR count). The molecule has 1 aromatic rings. The summed E-state index contributed by atoms with van der Waals surface area (Å²) >= 11 is 0. The number of ketones is 1. The van der Waals surface area contributed by atoms with Crippen LogP contribution in [0.15, 0.2) is 43.0 Å². The first-order chi connectivity index (χ1) is 17.6. The smallest absolute Gasteiger partial charge is 0.379 e. The van der Waals surface area contributed by atoms with Crippen molar-refractivity contribution in [1.29, 1.82) is 0 Å². The van der Waals surface area contributed by atoms with Crippen molar-refractivity contribution >= 4 is 17.7 Å². The number of hydrogen-bond donors (Lipinski definition) is 0. The maximum absolute atomic E-state index is 11.8. The molecule has 0 saturated carbocycles. The zero-order valence-electron chi connectivity index (χ0n) is 20.6. The summed E-state index contributed by atoms with van der Waals surface area (Å²) in [6, 6.07) is 8.23. The molecule has 0 bridgehead atoms. The van der Waals surface area contributed by atoms with Gasteiger partial charge in [-0.05, 0) is 0 Å². The van der Waals surface area contributed by atoms with Crippen LogP contribution in [0.5, 0.6) is 0 Å². The van der Waals surface area contributed by atoms with E-state index in [0.717, 1.165) is 6.08 Å². The van der Waals surface area contributed by atoms with Gasteiger partial charge in [0.1, 0.15) is 13.2 Å². The fraction of sp³-hybridized carbons (Fsp3) is 0.560. The van der Waals surface area contributed by atoms with Gasteiger partial charge in [-0.15, -0.1) is 0 Å². The molecule has 0 radical (unpaired) electrons. The largest absolute Gasteiger partial charge is 0.460 e. The summed E-state index contributed by atoms with van der Waals surface area (Å²) in [5.74, 6) is -2.05. The van der Waals surface area contributed by atoms with Crippen molar-refractivity contribution in [3.8, 4) is 0 Å². The highest BCUT2D eigenvalue weighted by molar-refractivity contribution is 6.40. The summed E-state index contributed by atoms with van der Waals surface area (Å²) in [6.07, 6.45) is 1.10. The van der Waals surface area contributed by atoms with E-state index in [4.69, 9.17) is 37.9 Å². The number of Topliss-reactive ketones (excluding diaryl/α,β-unsaturated/α-hetero) is 1. The van der Waals surface area contributed by atoms with Crippen molar-refractivity contribution in [2.75, 3.05) is 92.5 Å². The maximum atomic E-state index is 11.8. The number of benzene rings is 1. The van der Waals surface area contributed by atoms with Gasteiger partial charge in [0.15, 0.2) is 0 Å². The second-order valence-electron chi connectivity index (χ2n) is 6.88. The predicted molar refractivity (Wildman–Crippen MR) is 128 cm³/mol. The summed E-state index contributed by atoms with van der Waals surface area (Å²) in [5, 5.41) is 0. The molecule has 0 aliphatic rings. The Bertz CT molecular complexity index is 724. The minimum atomic E-state index is -0.901. The molecular weight excluding hydrogens is 476 g/mol. The highest BCUT2D eigenvalue weighted by Gasteiger charge is 2.17. The van der Waals surface area contributed by atoms with Gasteiger partial charge in [0, 0.05) is 11.6 Å². The van der Waals surface area contributed by atoms with Gasteiger partial charge in [-0.3, -0.25) is 4.79 Å². The van der Waals surface area contributed by atoms with Gasteiger partial charge in [0.2, 0.25) is 0 Å². The predicted octanol–water partition coefficient (Wildman–Crippen LogP) is 1.24. The summed E-state index contributed by atoms with van der Waals surface area (Å²) in [4.78, 5) is 34.3. The van der Waals surface area contributed by atoms with Crippen LogP contribution in [-0.2, 0) is 47.5 Å². The van der Waals surface area contributed by atoms with E-state index >= 15 is 0 Å². The third-order valence-electron chi connectivity index (χ3n) is 4.18. The average molecular weight is 513 g/mol. The lowest BCUT2D eigenvalue weighted by Crippen LogP contribution is -2.20. The van der Waals surface area contributed by atoms with E-state index < -0.39 is 17.7 Å². The number of esters is 2. The molecule has 11 heteroatoms. The van der Waals surface area contributed by atoms with Crippen LogP contribution in [0, 0.1) is 0 Å². The van der Waals surface area contributed by atoms with Crippen molar-refractivity contribution < 1.29 is 52.3 Å². The van der Waals surface area contributed by atoms with E-state index in [0.29, 0.717) is 78.2 Å². The summed E-state index contributed by atoms with van der Waals surface area (Å²) < 4.78 is 41.7. The quantitative estimate of drug-likeness (QED) is 0.0653. The zero-order valence-corrected chi connectivity index (χ0v) is 20.6. The zero-order chi connectivity index (χ0) is 26.1. The third-order valence-corrected chi connectivity index (χ3v) is 4.18. The Balaban J connectivity index is 1.74. The molecule has 11 nitrogen and oxygen atoms in total. The highest BCUT2D eigenvalue weighted by Crippen LogP contribution is 2.01. The first kappa shape index (κ1) is 31.4. The second kappa shape index (κ2) is 22.8. The Morgan fingerprint density at radius 3 is 1.31 bits per heavy atom. The highest BCUT2D eigenvalue weighted by atomic mass is 16.6. The fourth-order valence-corrected chi connectivity index (χ4v) is 2.43. The van der Waals surface area contributed by atoms with Crippen LogP contribution >= 0.6 is 0 Å². The van der Waals surface area contributed by atoms with Crippen LogP contribution in [0.2, 0.25) is 0 Å². The Labute approximate surface area is 211 Å². The van der Waals surface area contributed by atoms with Crippen LogP contribution in [0.4, 0.5) is 0 Å². The van der Waals surface area contributed by atoms with Crippen LogP contribution in [0.25, 0.3) is 0 Å². The molecule has 0 saturated heterocycles. The van der Waals surface area contributed by atoms with E-state index in [9.17, 15) is 14.4 Å². The Morgan fingerprint density at radius 2 is 0.917 bits per heavy atom. The Kier molecular flexibility index (Phi) is 19.8. The van der Waals surface area contributed by atoms with Crippen molar-refractivity contribution in [2.45, 2.75) is 0 Å². The van der Waals surface area contributed by atoms with Crippen molar-refractivity contribution in [3.63, 3.8) is 0 Å². The molecule has 0 aromatic heterocycles. The Hall–Kier alpha value is -2.67. The van der Waals surface area contributed by atoms with Crippen molar-refractivity contribution in [3.05, 3.63) is 48.6 Å². The van der Waals surface area contributed by atoms with E-state index in [2.05, 4.69) is 6.58 Å². The molecule has 36 heavy (non-hydrogen) atoms. The molecule has 0 aliphatic heterocycles. The maximum Gasteiger partial charge on any atom is 0.379 e. The lowest BCUT2D eigenvalue weighted by molar-refractivity contribution is -0.140. The average Bonchev–Trinajstić information content (AvgIpc) is 2.91. The number of rotatable bonds is 24. The van der Waals surface area contributed by atoms with Gasteiger partial charge in [-0.25, -0.2) is 9.59 Å². The van der Waals surface area contributed by atoms with Crippen molar-refractivity contribution in [1.82, 2.24) is 0 Å². The summed E-state index contributed by atoms with van der Waals surface area (Å²) in [7, 11) is 0. The molecular formula is C25H36O11. The molecule has 0 atom stereocenters. The van der Waals surface area contributed by atoms with Gasteiger partial charge < -0.3 is 37.9 Å². The molecule has 0 heterocycles. The first-order valence-electron chi connectivity index (χ1n) is 11.7. The molecule has 0 aliphatic carbocycles. The molecule has 0 spiro atoms. The molecule has 0 N–H and O–H groups in total.